The third-order valence-corrected chi connectivity index (χ3v) is 10.4. The number of hydrogen-bond donors (Lipinski definition) is 2. The molecule has 0 bridgehead atoms. The van der Waals surface area contributed by atoms with E-state index in [1.54, 1.807) is 6.08 Å². The Morgan fingerprint density at radius 1 is 1.16 bits per heavy atom. The lowest BCUT2D eigenvalue weighted by atomic mass is 9.43. The molecule has 3 N–H and O–H groups in total. The Bertz CT molecular complexity index is 810. The van der Waals surface area contributed by atoms with Gasteiger partial charge in [-0.25, -0.2) is 4.79 Å². The summed E-state index contributed by atoms with van der Waals surface area (Å²) in [6, 6.07) is 0. The van der Waals surface area contributed by atoms with Gasteiger partial charge in [0.1, 0.15) is 12.7 Å². The van der Waals surface area contributed by atoms with Crippen molar-refractivity contribution in [3.05, 3.63) is 11.6 Å². The summed E-state index contributed by atoms with van der Waals surface area (Å²) in [7, 11) is 0. The lowest BCUT2D eigenvalue weighted by molar-refractivity contribution is -0.210. The van der Waals surface area contributed by atoms with Crippen molar-refractivity contribution in [3.8, 4) is 0 Å². The number of aliphatic hydroxyl groups is 1. The van der Waals surface area contributed by atoms with Crippen LogP contribution in [0.15, 0.2) is 11.6 Å². The molecule has 0 radical (unpaired) electrons. The first-order chi connectivity index (χ1) is 14.7. The van der Waals surface area contributed by atoms with E-state index in [1.165, 1.54) is 0 Å². The number of hydrogen-bond acceptors (Lipinski definition) is 6. The predicted octanol–water partition coefficient (Wildman–Crippen LogP) is 3.11. The Morgan fingerprint density at radius 2 is 1.97 bits per heavy atom. The number of cyclic esters (lactones) is 1. The van der Waals surface area contributed by atoms with Crippen LogP contribution in [0.5, 0.6) is 0 Å². The predicted molar refractivity (Wildman–Crippen MR) is 115 cm³/mol. The lowest BCUT2D eigenvalue weighted by Crippen LogP contribution is -2.62. The summed E-state index contributed by atoms with van der Waals surface area (Å²) in [5, 5.41) is 12.2. The van der Waals surface area contributed by atoms with Crippen LogP contribution in [0.2, 0.25) is 0 Å². The molecule has 0 amide bonds. The first kappa shape index (κ1) is 21.4. The van der Waals surface area contributed by atoms with Crippen molar-refractivity contribution in [3.63, 3.8) is 0 Å². The summed E-state index contributed by atoms with van der Waals surface area (Å²) in [6.45, 7) is 5.04. The van der Waals surface area contributed by atoms with Crippen molar-refractivity contribution < 1.29 is 24.2 Å². The first-order valence-corrected chi connectivity index (χ1v) is 12.2. The molecule has 4 saturated carbocycles. The molecule has 1 heterocycles. The molecule has 5 aliphatic rings. The smallest absolute Gasteiger partial charge is 0.331 e. The molecule has 172 valence electrons. The van der Waals surface area contributed by atoms with Crippen LogP contribution in [-0.4, -0.2) is 41.9 Å². The van der Waals surface area contributed by atoms with Gasteiger partial charge < -0.3 is 20.3 Å². The summed E-state index contributed by atoms with van der Waals surface area (Å²) in [5.41, 5.74) is 5.85. The van der Waals surface area contributed by atoms with Crippen molar-refractivity contribution >= 4 is 11.9 Å². The minimum atomic E-state index is -0.677. The molecule has 1 aliphatic heterocycles. The molecule has 0 aromatic heterocycles. The van der Waals surface area contributed by atoms with Gasteiger partial charge in [0.25, 0.3) is 0 Å². The maximum absolute atomic E-state index is 12.2. The maximum atomic E-state index is 12.2. The summed E-state index contributed by atoms with van der Waals surface area (Å²) in [6.07, 6.45) is 10.5. The molecule has 0 saturated heterocycles. The van der Waals surface area contributed by atoms with Crippen LogP contribution in [0.1, 0.15) is 71.6 Å². The fraction of sp³-hybridized carbons (Fsp3) is 0.840. The Kier molecular flexibility index (Phi) is 5.06. The van der Waals surface area contributed by atoms with E-state index in [0.717, 1.165) is 63.4 Å². The molecule has 31 heavy (non-hydrogen) atoms. The van der Waals surface area contributed by atoms with E-state index in [2.05, 4.69) is 13.8 Å². The number of ether oxygens (including phenoxy) is 2. The average Bonchev–Trinajstić information content (AvgIpc) is 3.28. The second kappa shape index (κ2) is 7.31. The highest BCUT2D eigenvalue weighted by atomic mass is 16.5. The number of carbonyl (C=O) groups is 2. The van der Waals surface area contributed by atoms with Crippen molar-refractivity contribution in [1.82, 2.24) is 0 Å². The van der Waals surface area contributed by atoms with Gasteiger partial charge in [-0.3, -0.25) is 4.79 Å². The van der Waals surface area contributed by atoms with Gasteiger partial charge in [0.2, 0.25) is 0 Å². The largest absolute Gasteiger partial charge is 0.461 e. The lowest BCUT2D eigenvalue weighted by Gasteiger charge is -2.63. The van der Waals surface area contributed by atoms with E-state index in [4.69, 9.17) is 15.2 Å². The van der Waals surface area contributed by atoms with Gasteiger partial charge in [0.05, 0.1) is 12.1 Å². The summed E-state index contributed by atoms with van der Waals surface area (Å²) in [5.74, 6) is 1.05. The third kappa shape index (κ3) is 3.04. The Morgan fingerprint density at radius 3 is 2.68 bits per heavy atom. The van der Waals surface area contributed by atoms with E-state index < -0.39 is 5.60 Å². The van der Waals surface area contributed by atoms with E-state index in [9.17, 15) is 14.7 Å². The van der Waals surface area contributed by atoms with E-state index in [-0.39, 0.29) is 41.3 Å². The maximum Gasteiger partial charge on any atom is 0.331 e. The second-order valence-corrected chi connectivity index (χ2v) is 11.4. The minimum Gasteiger partial charge on any atom is -0.461 e. The summed E-state index contributed by atoms with van der Waals surface area (Å²) < 4.78 is 10.8. The molecule has 5 rings (SSSR count). The van der Waals surface area contributed by atoms with E-state index in [0.29, 0.717) is 24.4 Å². The van der Waals surface area contributed by atoms with Gasteiger partial charge >= 0.3 is 11.9 Å². The molecule has 0 aromatic rings. The fourth-order valence-electron chi connectivity index (χ4n) is 8.71. The zero-order chi connectivity index (χ0) is 22.0. The van der Waals surface area contributed by atoms with Gasteiger partial charge in [0.15, 0.2) is 0 Å². The molecule has 4 aliphatic carbocycles. The number of rotatable bonds is 3. The van der Waals surface area contributed by atoms with Crippen LogP contribution in [0.4, 0.5) is 0 Å². The molecule has 0 aromatic carbocycles. The summed E-state index contributed by atoms with van der Waals surface area (Å²) >= 11 is 0. The number of carbonyl (C=O) groups excluding carboxylic acids is 2. The Hall–Kier alpha value is -1.40. The monoisotopic (exact) mass is 431 g/mol. The third-order valence-electron chi connectivity index (χ3n) is 10.4. The van der Waals surface area contributed by atoms with Gasteiger partial charge in [-0.1, -0.05) is 13.8 Å². The van der Waals surface area contributed by atoms with E-state index in [1.807, 2.05) is 0 Å². The second-order valence-electron chi connectivity index (χ2n) is 11.4. The molecule has 4 fully saturated rings. The molecule has 8 atom stereocenters. The van der Waals surface area contributed by atoms with Gasteiger partial charge in [-0.05, 0) is 92.4 Å². The molecular formula is C25H37NO5. The molecule has 0 unspecified atom stereocenters. The Balaban J connectivity index is 1.37. The zero-order valence-electron chi connectivity index (χ0n) is 18.9. The quantitative estimate of drug-likeness (QED) is 0.666. The van der Waals surface area contributed by atoms with Gasteiger partial charge in [-0.2, -0.15) is 0 Å². The molecular weight excluding hydrogens is 394 g/mol. The number of esters is 2. The highest BCUT2D eigenvalue weighted by molar-refractivity contribution is 5.85. The van der Waals surface area contributed by atoms with Gasteiger partial charge in [0, 0.05) is 11.5 Å². The zero-order valence-corrected chi connectivity index (χ0v) is 18.9. The van der Waals surface area contributed by atoms with Crippen LogP contribution in [0.25, 0.3) is 0 Å². The Labute approximate surface area is 184 Å². The number of fused-ring (bicyclic) bond motifs is 5. The SMILES string of the molecule is C[C@]12CC[C@H](OC(=O)CN)C[C@H]1CC[C@@H]1[C@@H]2CC[C@]2(C)[C@@H](C3=CC(=O)OC3)CC[C@]12O. The van der Waals surface area contributed by atoms with Crippen molar-refractivity contribution in [2.75, 3.05) is 13.2 Å². The normalized spacial score (nSPS) is 48.8. The van der Waals surface area contributed by atoms with Crippen LogP contribution >= 0.6 is 0 Å². The highest BCUT2D eigenvalue weighted by Crippen LogP contribution is 2.70. The van der Waals surface area contributed by atoms with E-state index >= 15 is 0 Å². The molecule has 6 nitrogen and oxygen atoms in total. The van der Waals surface area contributed by atoms with Crippen molar-refractivity contribution in [2.45, 2.75) is 83.3 Å². The average molecular weight is 432 g/mol. The fourth-order valence-corrected chi connectivity index (χ4v) is 8.71. The standard InChI is InChI=1S/C25H37NO5/c1-23-8-5-17(31-22(28)13-26)12-16(23)3-4-20-19(23)6-9-24(2)18(7-10-25(20,24)29)15-11-21(27)30-14-15/h11,16-20,29H,3-10,12-14,26H2,1-2H3/t16-,17+,18-,19+,20-,23+,24-,25+/m1/s1. The van der Waals surface area contributed by atoms with Crippen LogP contribution in [0.3, 0.4) is 0 Å². The topological polar surface area (TPSA) is 98.9 Å². The van der Waals surface area contributed by atoms with Crippen LogP contribution in [0, 0.1) is 34.5 Å². The molecule has 0 spiro atoms. The number of nitrogens with two attached hydrogens (primary N) is 1. The summed E-state index contributed by atoms with van der Waals surface area (Å²) in [4.78, 5) is 23.4. The van der Waals surface area contributed by atoms with Crippen LogP contribution in [-0.2, 0) is 19.1 Å². The minimum absolute atomic E-state index is 0.00896. The highest BCUT2D eigenvalue weighted by Gasteiger charge is 2.67. The van der Waals surface area contributed by atoms with Crippen LogP contribution < -0.4 is 5.73 Å². The van der Waals surface area contributed by atoms with Gasteiger partial charge in [-0.15, -0.1) is 0 Å². The van der Waals surface area contributed by atoms with Crippen molar-refractivity contribution in [2.24, 2.45) is 40.2 Å². The molecule has 6 heteroatoms. The first-order valence-electron chi connectivity index (χ1n) is 12.2. The van der Waals surface area contributed by atoms with Crippen molar-refractivity contribution in [1.29, 1.82) is 0 Å².